The van der Waals surface area contributed by atoms with Crippen LogP contribution < -0.4 is 11.1 Å². The Morgan fingerprint density at radius 2 is 1.52 bits per heavy atom. The summed E-state index contributed by atoms with van der Waals surface area (Å²) in [6, 6.07) is 15.6. The first-order chi connectivity index (χ1) is 10.2. The zero-order chi connectivity index (χ0) is 14.7. The van der Waals surface area contributed by atoms with E-state index in [2.05, 4.69) is 29.6 Å². The summed E-state index contributed by atoms with van der Waals surface area (Å²) in [4.78, 5) is 14.2. The van der Waals surface area contributed by atoms with Crippen molar-refractivity contribution in [3.8, 4) is 0 Å². The van der Waals surface area contributed by atoms with Crippen LogP contribution in [0.5, 0.6) is 0 Å². The molecule has 0 fully saturated rings. The highest BCUT2D eigenvalue weighted by Crippen LogP contribution is 2.17. The van der Waals surface area contributed by atoms with Crippen molar-refractivity contribution < 1.29 is 4.79 Å². The number of nitrogens with zero attached hydrogens (tertiary/aromatic N) is 1. The molecule has 4 nitrogen and oxygen atoms in total. The van der Waals surface area contributed by atoms with Gasteiger partial charge in [-0.15, -0.1) is 0 Å². The first kappa shape index (κ1) is 13.5. The maximum atomic E-state index is 12.3. The second-order valence-corrected chi connectivity index (χ2v) is 5.31. The van der Waals surface area contributed by atoms with Gasteiger partial charge in [0.15, 0.2) is 0 Å². The van der Waals surface area contributed by atoms with Crippen molar-refractivity contribution in [2.75, 3.05) is 24.1 Å². The molecule has 108 valence electrons. The number of amides is 2. The van der Waals surface area contributed by atoms with Gasteiger partial charge in [0.25, 0.3) is 0 Å². The van der Waals surface area contributed by atoms with Crippen LogP contribution in [0.25, 0.3) is 0 Å². The lowest BCUT2D eigenvalue weighted by atomic mass is 10.0. The summed E-state index contributed by atoms with van der Waals surface area (Å²) in [5.41, 5.74) is 9.81. The van der Waals surface area contributed by atoms with Gasteiger partial charge in [-0.1, -0.05) is 24.3 Å². The lowest BCUT2D eigenvalue weighted by molar-refractivity contribution is 0.214. The number of nitrogen functional groups attached to an aromatic ring is 1. The molecule has 2 amide bonds. The van der Waals surface area contributed by atoms with E-state index >= 15 is 0 Å². The Morgan fingerprint density at radius 1 is 0.952 bits per heavy atom. The monoisotopic (exact) mass is 281 g/mol. The summed E-state index contributed by atoms with van der Waals surface area (Å²) in [7, 11) is 0. The van der Waals surface area contributed by atoms with E-state index in [-0.39, 0.29) is 6.03 Å². The van der Waals surface area contributed by atoms with E-state index in [9.17, 15) is 4.79 Å². The third-order valence-electron chi connectivity index (χ3n) is 3.87. The molecule has 1 aliphatic rings. The zero-order valence-electron chi connectivity index (χ0n) is 11.9. The molecule has 3 rings (SSSR count). The van der Waals surface area contributed by atoms with E-state index in [1.807, 2.05) is 17.0 Å². The number of urea groups is 1. The van der Waals surface area contributed by atoms with Gasteiger partial charge in [-0.25, -0.2) is 4.79 Å². The van der Waals surface area contributed by atoms with Gasteiger partial charge in [0.1, 0.15) is 0 Å². The van der Waals surface area contributed by atoms with E-state index in [1.165, 1.54) is 11.1 Å². The molecule has 2 aromatic rings. The van der Waals surface area contributed by atoms with Crippen LogP contribution in [0, 0.1) is 0 Å². The smallest absolute Gasteiger partial charge is 0.321 e. The minimum atomic E-state index is -0.0485. The molecule has 0 spiro atoms. The molecule has 0 atom stereocenters. The van der Waals surface area contributed by atoms with Crippen LogP contribution in [0.2, 0.25) is 0 Å². The summed E-state index contributed by atoms with van der Waals surface area (Å²) in [5.74, 6) is 0. The molecule has 21 heavy (non-hydrogen) atoms. The standard InChI is InChI=1S/C17H19N3O/c18-15-5-7-16(8-6-15)19-17(21)20-11-9-13-3-1-2-4-14(13)10-12-20/h1-8H,9-12,18H2,(H,19,21). The zero-order valence-corrected chi connectivity index (χ0v) is 11.9. The highest BCUT2D eigenvalue weighted by Gasteiger charge is 2.18. The molecule has 0 radical (unpaired) electrons. The number of nitrogens with one attached hydrogen (secondary N) is 1. The van der Waals surface area contributed by atoms with Crippen LogP contribution in [0.3, 0.4) is 0 Å². The molecule has 0 aromatic heterocycles. The predicted molar refractivity (Wildman–Crippen MR) is 85.3 cm³/mol. The largest absolute Gasteiger partial charge is 0.399 e. The molecule has 0 unspecified atom stereocenters. The van der Waals surface area contributed by atoms with E-state index < -0.39 is 0 Å². The number of fused-ring (bicyclic) bond motifs is 1. The number of hydrogen-bond acceptors (Lipinski definition) is 2. The SMILES string of the molecule is Nc1ccc(NC(=O)N2CCc3ccccc3CC2)cc1. The van der Waals surface area contributed by atoms with Gasteiger partial charge >= 0.3 is 6.03 Å². The molecule has 0 aliphatic carbocycles. The molecule has 2 aromatic carbocycles. The van der Waals surface area contributed by atoms with Gasteiger partial charge in [-0.05, 0) is 48.2 Å². The van der Waals surface area contributed by atoms with Crippen molar-refractivity contribution in [3.05, 3.63) is 59.7 Å². The predicted octanol–water partition coefficient (Wildman–Crippen LogP) is 2.90. The fourth-order valence-electron chi connectivity index (χ4n) is 2.64. The summed E-state index contributed by atoms with van der Waals surface area (Å²) in [5, 5.41) is 2.92. The van der Waals surface area contributed by atoms with Crippen LogP contribution in [-0.2, 0) is 12.8 Å². The van der Waals surface area contributed by atoms with Crippen LogP contribution in [0.15, 0.2) is 48.5 Å². The maximum absolute atomic E-state index is 12.3. The Hall–Kier alpha value is -2.49. The number of carbonyl (C=O) groups excluding carboxylic acids is 1. The Morgan fingerprint density at radius 3 is 2.10 bits per heavy atom. The number of benzene rings is 2. The lowest BCUT2D eigenvalue weighted by Gasteiger charge is -2.20. The Balaban J connectivity index is 1.65. The molecule has 3 N–H and O–H groups in total. The molecule has 1 heterocycles. The van der Waals surface area contributed by atoms with Crippen molar-refractivity contribution in [2.45, 2.75) is 12.8 Å². The first-order valence-electron chi connectivity index (χ1n) is 7.20. The normalized spacial score (nSPS) is 14.2. The average Bonchev–Trinajstić information content (AvgIpc) is 2.72. The fourth-order valence-corrected chi connectivity index (χ4v) is 2.64. The fraction of sp³-hybridized carbons (Fsp3) is 0.235. The summed E-state index contributed by atoms with van der Waals surface area (Å²) >= 11 is 0. The average molecular weight is 281 g/mol. The minimum absolute atomic E-state index is 0.0485. The van der Waals surface area contributed by atoms with Gasteiger partial charge in [0, 0.05) is 24.5 Å². The van der Waals surface area contributed by atoms with Gasteiger partial charge in [-0.2, -0.15) is 0 Å². The van der Waals surface area contributed by atoms with Crippen molar-refractivity contribution in [2.24, 2.45) is 0 Å². The van der Waals surface area contributed by atoms with Crippen LogP contribution in [0.1, 0.15) is 11.1 Å². The van der Waals surface area contributed by atoms with Crippen LogP contribution in [-0.4, -0.2) is 24.0 Å². The van der Waals surface area contributed by atoms with Crippen molar-refractivity contribution >= 4 is 17.4 Å². The maximum Gasteiger partial charge on any atom is 0.321 e. The van der Waals surface area contributed by atoms with Crippen molar-refractivity contribution in [1.29, 1.82) is 0 Å². The summed E-state index contributed by atoms with van der Waals surface area (Å²) in [6.07, 6.45) is 1.82. The highest BCUT2D eigenvalue weighted by atomic mass is 16.2. The van der Waals surface area contributed by atoms with Crippen molar-refractivity contribution in [1.82, 2.24) is 4.90 Å². The molecule has 1 aliphatic heterocycles. The molecule has 0 saturated carbocycles. The van der Waals surface area contributed by atoms with E-state index in [0.29, 0.717) is 5.69 Å². The number of rotatable bonds is 1. The van der Waals surface area contributed by atoms with Crippen LogP contribution >= 0.6 is 0 Å². The third kappa shape index (κ3) is 3.16. The Kier molecular flexibility index (Phi) is 3.77. The molecular weight excluding hydrogens is 262 g/mol. The Bertz CT molecular complexity index is 610. The molecule has 0 saturated heterocycles. The summed E-state index contributed by atoms with van der Waals surface area (Å²) < 4.78 is 0. The summed E-state index contributed by atoms with van der Waals surface area (Å²) in [6.45, 7) is 1.50. The van der Waals surface area contributed by atoms with Gasteiger partial charge in [0.05, 0.1) is 0 Å². The number of carbonyl (C=O) groups is 1. The molecule has 0 bridgehead atoms. The highest BCUT2D eigenvalue weighted by molar-refractivity contribution is 5.89. The minimum Gasteiger partial charge on any atom is -0.399 e. The van der Waals surface area contributed by atoms with Gasteiger partial charge in [0.2, 0.25) is 0 Å². The first-order valence-corrected chi connectivity index (χ1v) is 7.20. The lowest BCUT2D eigenvalue weighted by Crippen LogP contribution is -2.36. The van der Waals surface area contributed by atoms with E-state index in [1.54, 1.807) is 12.1 Å². The number of nitrogens with two attached hydrogens (primary N) is 1. The second-order valence-electron chi connectivity index (χ2n) is 5.31. The topological polar surface area (TPSA) is 58.4 Å². The molecular formula is C17H19N3O. The van der Waals surface area contributed by atoms with E-state index in [4.69, 9.17) is 5.73 Å². The van der Waals surface area contributed by atoms with Crippen molar-refractivity contribution in [3.63, 3.8) is 0 Å². The van der Waals surface area contributed by atoms with Gasteiger partial charge < -0.3 is 16.0 Å². The number of anilines is 2. The quantitative estimate of drug-likeness (QED) is 0.790. The van der Waals surface area contributed by atoms with Gasteiger partial charge in [-0.3, -0.25) is 0 Å². The second kappa shape index (κ2) is 5.87. The van der Waals surface area contributed by atoms with Crippen LogP contribution in [0.4, 0.5) is 16.2 Å². The molecule has 4 heteroatoms. The Labute approximate surface area is 124 Å². The third-order valence-corrected chi connectivity index (χ3v) is 3.87. The van der Waals surface area contributed by atoms with E-state index in [0.717, 1.165) is 31.6 Å². The number of hydrogen-bond donors (Lipinski definition) is 2.